The molecule has 3 heterocycles. The van der Waals surface area contributed by atoms with Gasteiger partial charge in [-0.2, -0.15) is 0 Å². The van der Waals surface area contributed by atoms with Crippen molar-refractivity contribution in [2.45, 2.75) is 39.3 Å². The van der Waals surface area contributed by atoms with Crippen molar-refractivity contribution in [2.75, 3.05) is 13.7 Å². The van der Waals surface area contributed by atoms with Gasteiger partial charge in [-0.3, -0.25) is 9.36 Å². The summed E-state index contributed by atoms with van der Waals surface area (Å²) >= 11 is 1.33. The fraction of sp³-hybridized carbons (Fsp3) is 0.258. The number of hydrogen-bond acceptors (Lipinski definition) is 6. The molecular formula is C31H31N3O4S. The number of esters is 1. The maximum Gasteiger partial charge on any atom is 0.338 e. The standard InChI is InChI=1S/C31H31N3O4S/c1-5-11-24-27(30(36)38-7-3)28(20-12-10-13-22(17-20)37-4)34-29(35)26(39-31(34)32-24)18-21-19-33(16-6-2)25-15-9-8-14-23(21)25/h6,8-10,12-15,17-19,28H,2,5,7,11,16H2,1,3-4H3/b26-18+. The van der Waals surface area contributed by atoms with Crippen LogP contribution in [0.1, 0.15) is 43.9 Å². The number of rotatable bonds is 9. The molecule has 0 aliphatic carbocycles. The molecule has 39 heavy (non-hydrogen) atoms. The normalized spacial score (nSPS) is 15.3. The third kappa shape index (κ3) is 4.88. The fourth-order valence-corrected chi connectivity index (χ4v) is 6.08. The molecule has 5 rings (SSSR count). The number of allylic oxidation sites excluding steroid dienone is 2. The highest BCUT2D eigenvalue weighted by Crippen LogP contribution is 2.34. The summed E-state index contributed by atoms with van der Waals surface area (Å²) in [6.45, 7) is 8.58. The number of nitrogens with zero attached hydrogens (tertiary/aromatic N) is 3. The Kier molecular flexibility index (Phi) is 7.65. The van der Waals surface area contributed by atoms with Crippen LogP contribution in [-0.4, -0.2) is 28.8 Å². The Morgan fingerprint density at radius 2 is 2.00 bits per heavy atom. The Morgan fingerprint density at radius 3 is 2.74 bits per heavy atom. The van der Waals surface area contributed by atoms with Gasteiger partial charge in [-0.25, -0.2) is 9.79 Å². The van der Waals surface area contributed by atoms with Crippen molar-refractivity contribution in [2.24, 2.45) is 4.99 Å². The van der Waals surface area contributed by atoms with Crippen molar-refractivity contribution in [1.29, 1.82) is 0 Å². The van der Waals surface area contributed by atoms with Crippen LogP contribution >= 0.6 is 11.3 Å². The van der Waals surface area contributed by atoms with Crippen LogP contribution in [0, 0.1) is 0 Å². The third-order valence-electron chi connectivity index (χ3n) is 6.73. The molecule has 0 amide bonds. The highest BCUT2D eigenvalue weighted by atomic mass is 32.1. The van der Waals surface area contributed by atoms with E-state index in [4.69, 9.17) is 14.5 Å². The molecule has 8 heteroatoms. The molecule has 1 atom stereocenters. The number of fused-ring (bicyclic) bond motifs is 2. The van der Waals surface area contributed by atoms with Gasteiger partial charge < -0.3 is 14.0 Å². The van der Waals surface area contributed by atoms with Crippen LogP contribution in [0.5, 0.6) is 5.75 Å². The zero-order valence-corrected chi connectivity index (χ0v) is 23.2. The van der Waals surface area contributed by atoms with E-state index in [1.54, 1.807) is 18.6 Å². The van der Waals surface area contributed by atoms with Gasteiger partial charge in [-0.1, -0.05) is 61.1 Å². The van der Waals surface area contributed by atoms with Gasteiger partial charge >= 0.3 is 5.97 Å². The Balaban J connectivity index is 1.77. The maximum atomic E-state index is 14.1. The van der Waals surface area contributed by atoms with Gasteiger partial charge in [0.15, 0.2) is 4.80 Å². The summed E-state index contributed by atoms with van der Waals surface area (Å²) in [5, 5.41) is 1.05. The van der Waals surface area contributed by atoms with Crippen molar-refractivity contribution in [3.8, 4) is 5.75 Å². The quantitative estimate of drug-likeness (QED) is 0.227. The van der Waals surface area contributed by atoms with Crippen LogP contribution in [0.3, 0.4) is 0 Å². The summed E-state index contributed by atoms with van der Waals surface area (Å²) in [5.74, 6) is 0.182. The fourth-order valence-electron chi connectivity index (χ4n) is 5.07. The summed E-state index contributed by atoms with van der Waals surface area (Å²) in [7, 11) is 1.60. The highest BCUT2D eigenvalue weighted by molar-refractivity contribution is 7.07. The molecule has 2 aromatic carbocycles. The Labute approximate surface area is 230 Å². The van der Waals surface area contributed by atoms with Crippen LogP contribution in [0.4, 0.5) is 0 Å². The van der Waals surface area contributed by atoms with Crippen molar-refractivity contribution in [1.82, 2.24) is 9.13 Å². The predicted molar refractivity (Wildman–Crippen MR) is 155 cm³/mol. The van der Waals surface area contributed by atoms with E-state index in [2.05, 4.69) is 23.3 Å². The summed E-state index contributed by atoms with van der Waals surface area (Å²) in [6, 6.07) is 14.9. The lowest BCUT2D eigenvalue weighted by Crippen LogP contribution is -2.40. The van der Waals surface area contributed by atoms with Crippen molar-refractivity contribution < 1.29 is 14.3 Å². The minimum atomic E-state index is -0.679. The van der Waals surface area contributed by atoms with Gasteiger partial charge in [0.05, 0.1) is 35.6 Å². The van der Waals surface area contributed by atoms with Gasteiger partial charge in [0, 0.05) is 29.2 Å². The predicted octanol–water partition coefficient (Wildman–Crippen LogP) is 4.73. The minimum absolute atomic E-state index is 0.204. The second-order valence-electron chi connectivity index (χ2n) is 9.23. The number of aromatic nitrogens is 2. The number of carbonyl (C=O) groups excluding carboxylic acids is 1. The Bertz CT molecular complexity index is 1770. The summed E-state index contributed by atoms with van der Waals surface area (Å²) in [5.41, 5.74) is 3.61. The number of para-hydroxylation sites is 1. The first-order valence-electron chi connectivity index (χ1n) is 13.0. The zero-order chi connectivity index (χ0) is 27.5. The number of hydrogen-bond donors (Lipinski definition) is 0. The Morgan fingerprint density at radius 1 is 1.18 bits per heavy atom. The van der Waals surface area contributed by atoms with Gasteiger partial charge in [-0.05, 0) is 43.2 Å². The van der Waals surface area contributed by atoms with Gasteiger partial charge in [0.2, 0.25) is 0 Å². The van der Waals surface area contributed by atoms with Crippen LogP contribution in [0.15, 0.2) is 88.4 Å². The number of ether oxygens (including phenoxy) is 2. The van der Waals surface area contributed by atoms with E-state index in [0.29, 0.717) is 39.3 Å². The van der Waals surface area contributed by atoms with Crippen LogP contribution < -0.4 is 19.6 Å². The molecule has 7 nitrogen and oxygen atoms in total. The molecule has 2 aromatic heterocycles. The lowest BCUT2D eigenvalue weighted by Gasteiger charge is -2.26. The van der Waals surface area contributed by atoms with Crippen LogP contribution in [-0.2, 0) is 16.1 Å². The largest absolute Gasteiger partial charge is 0.497 e. The highest BCUT2D eigenvalue weighted by Gasteiger charge is 2.34. The molecule has 0 bridgehead atoms. The van der Waals surface area contributed by atoms with Gasteiger partial charge in [0.25, 0.3) is 5.56 Å². The first kappa shape index (κ1) is 26.4. The molecule has 0 saturated carbocycles. The summed E-state index contributed by atoms with van der Waals surface area (Å²) in [6.07, 6.45) is 7.20. The average Bonchev–Trinajstić information content (AvgIpc) is 3.45. The van der Waals surface area contributed by atoms with Crippen LogP contribution in [0.2, 0.25) is 0 Å². The minimum Gasteiger partial charge on any atom is -0.497 e. The molecule has 200 valence electrons. The molecule has 4 aromatic rings. The van der Waals surface area contributed by atoms with E-state index >= 15 is 0 Å². The maximum absolute atomic E-state index is 14.1. The lowest BCUT2D eigenvalue weighted by molar-refractivity contribution is -0.139. The topological polar surface area (TPSA) is 74.8 Å². The van der Waals surface area contributed by atoms with Crippen molar-refractivity contribution in [3.05, 3.63) is 109 Å². The molecule has 1 aliphatic heterocycles. The second-order valence-corrected chi connectivity index (χ2v) is 10.2. The average molecular weight is 542 g/mol. The molecule has 0 N–H and O–H groups in total. The van der Waals surface area contributed by atoms with E-state index in [9.17, 15) is 9.59 Å². The van der Waals surface area contributed by atoms with Gasteiger partial charge in [-0.15, -0.1) is 6.58 Å². The van der Waals surface area contributed by atoms with Gasteiger partial charge in [0.1, 0.15) is 5.75 Å². The summed E-state index contributed by atoms with van der Waals surface area (Å²) in [4.78, 5) is 32.8. The van der Waals surface area contributed by atoms with E-state index in [0.717, 1.165) is 28.5 Å². The van der Waals surface area contributed by atoms with E-state index in [1.165, 1.54) is 11.3 Å². The molecular weight excluding hydrogens is 510 g/mol. The first-order valence-corrected chi connectivity index (χ1v) is 13.9. The molecule has 1 aliphatic rings. The smallest absolute Gasteiger partial charge is 0.338 e. The summed E-state index contributed by atoms with van der Waals surface area (Å²) < 4.78 is 15.2. The monoisotopic (exact) mass is 541 g/mol. The van der Waals surface area contributed by atoms with Crippen molar-refractivity contribution in [3.63, 3.8) is 0 Å². The first-order chi connectivity index (χ1) is 19.0. The lowest BCUT2D eigenvalue weighted by atomic mass is 9.94. The second kappa shape index (κ2) is 11.3. The third-order valence-corrected chi connectivity index (χ3v) is 7.72. The molecule has 0 fully saturated rings. The molecule has 0 radical (unpaired) electrons. The SMILES string of the molecule is C=CCn1cc(/C=c2/sc3n(c2=O)C(c2cccc(OC)c2)C(C(=O)OCC)=C(CCC)N=3)c2ccccc21. The van der Waals surface area contributed by atoms with Crippen LogP contribution in [0.25, 0.3) is 17.0 Å². The molecule has 0 saturated heterocycles. The number of benzene rings is 2. The number of thiazole rings is 1. The molecule has 1 unspecified atom stereocenters. The van der Waals surface area contributed by atoms with E-state index < -0.39 is 12.0 Å². The number of carbonyl (C=O) groups is 1. The van der Waals surface area contributed by atoms with E-state index in [-0.39, 0.29) is 12.2 Å². The number of methoxy groups -OCH3 is 1. The Hall–Kier alpha value is -4.17. The van der Waals surface area contributed by atoms with Crippen molar-refractivity contribution >= 4 is 34.3 Å². The molecule has 0 spiro atoms. The zero-order valence-electron chi connectivity index (χ0n) is 22.3. The van der Waals surface area contributed by atoms with E-state index in [1.807, 2.05) is 61.7 Å².